The summed E-state index contributed by atoms with van der Waals surface area (Å²) < 4.78 is 37.3. The number of nitrogens with zero attached hydrogens (tertiary/aromatic N) is 1. The minimum absolute atomic E-state index is 0.0315. The maximum absolute atomic E-state index is 12.4. The van der Waals surface area contributed by atoms with E-state index in [4.69, 9.17) is 0 Å². The molecule has 0 saturated carbocycles. The van der Waals surface area contributed by atoms with Gasteiger partial charge in [-0.2, -0.15) is 13.2 Å². The molecule has 1 aromatic carbocycles. The molecule has 24 heavy (non-hydrogen) atoms. The number of fused-ring (bicyclic) bond motifs is 1. The number of allylic oxidation sites excluding steroid dienone is 6. The summed E-state index contributed by atoms with van der Waals surface area (Å²) in [5, 5.41) is 0. The summed E-state index contributed by atoms with van der Waals surface area (Å²) in [6.45, 7) is 2.07. The van der Waals surface area contributed by atoms with Crippen molar-refractivity contribution >= 4 is 5.70 Å². The molecule has 1 atom stereocenters. The molecule has 0 saturated heterocycles. The van der Waals surface area contributed by atoms with Crippen molar-refractivity contribution in [3.05, 3.63) is 77.0 Å². The lowest BCUT2D eigenvalue weighted by molar-refractivity contribution is -0.133. The highest BCUT2D eigenvalue weighted by Crippen LogP contribution is 2.38. The zero-order valence-corrected chi connectivity index (χ0v) is 13.8. The first-order valence-corrected chi connectivity index (χ1v) is 8.02. The molecule has 2 aliphatic rings. The molecule has 0 amide bonds. The van der Waals surface area contributed by atoms with Gasteiger partial charge in [0.2, 0.25) is 0 Å². The Bertz CT molecular complexity index is 750. The van der Waals surface area contributed by atoms with Gasteiger partial charge in [-0.05, 0) is 24.5 Å². The lowest BCUT2D eigenvalue weighted by Crippen LogP contribution is -2.20. The Hall–Kier alpha value is -2.23. The van der Waals surface area contributed by atoms with Gasteiger partial charge in [0.15, 0.2) is 0 Å². The average Bonchev–Trinajstić information content (AvgIpc) is 2.53. The van der Waals surface area contributed by atoms with Gasteiger partial charge in [-0.1, -0.05) is 54.1 Å². The van der Waals surface area contributed by atoms with Crippen LogP contribution in [0, 0.1) is 12.8 Å². The summed E-state index contributed by atoms with van der Waals surface area (Å²) in [5.41, 5.74) is 5.33. The summed E-state index contributed by atoms with van der Waals surface area (Å²) in [5.74, 6) is 0.0315. The van der Waals surface area contributed by atoms with E-state index >= 15 is 0 Å². The van der Waals surface area contributed by atoms with Crippen LogP contribution in [-0.4, -0.2) is 18.1 Å². The van der Waals surface area contributed by atoms with Crippen molar-refractivity contribution in [2.75, 3.05) is 7.05 Å². The predicted molar refractivity (Wildman–Crippen MR) is 91.0 cm³/mol. The minimum atomic E-state index is -4.11. The van der Waals surface area contributed by atoms with Crippen LogP contribution in [0.4, 0.5) is 13.2 Å². The number of rotatable bonds is 3. The molecule has 0 bridgehead atoms. The third-order valence-electron chi connectivity index (χ3n) is 4.47. The fourth-order valence-corrected chi connectivity index (χ4v) is 3.22. The molecular weight excluding hydrogens is 311 g/mol. The van der Waals surface area contributed by atoms with Gasteiger partial charge in [0.1, 0.15) is 0 Å². The van der Waals surface area contributed by atoms with Crippen LogP contribution in [0.1, 0.15) is 24.0 Å². The molecule has 3 rings (SSSR count). The van der Waals surface area contributed by atoms with Gasteiger partial charge in [-0.15, -0.1) is 0 Å². The SMILES string of the molecule is Cc1ccccc1C1=C2C=CC(CCC(F)(F)F)=CC2C=CN1C. The van der Waals surface area contributed by atoms with E-state index in [0.29, 0.717) is 0 Å². The summed E-state index contributed by atoms with van der Waals surface area (Å²) in [6.07, 6.45) is 4.92. The zero-order chi connectivity index (χ0) is 17.3. The molecule has 0 spiro atoms. The summed E-state index contributed by atoms with van der Waals surface area (Å²) >= 11 is 0. The van der Waals surface area contributed by atoms with Gasteiger partial charge >= 0.3 is 6.18 Å². The lowest BCUT2D eigenvalue weighted by atomic mass is 9.84. The van der Waals surface area contributed by atoms with E-state index in [1.165, 1.54) is 5.56 Å². The number of hydrogen-bond donors (Lipinski definition) is 0. The Morgan fingerprint density at radius 3 is 2.58 bits per heavy atom. The Balaban J connectivity index is 1.93. The van der Waals surface area contributed by atoms with Crippen LogP contribution in [0.2, 0.25) is 0 Å². The number of hydrogen-bond acceptors (Lipinski definition) is 1. The molecule has 1 aromatic rings. The normalized spacial score (nSPS) is 20.3. The minimum Gasteiger partial charge on any atom is -0.351 e. The molecule has 1 nitrogen and oxygen atoms in total. The number of benzene rings is 1. The summed E-state index contributed by atoms with van der Waals surface area (Å²) in [7, 11) is 2.00. The van der Waals surface area contributed by atoms with Crippen LogP contribution in [-0.2, 0) is 0 Å². The van der Waals surface area contributed by atoms with Gasteiger partial charge < -0.3 is 4.90 Å². The molecule has 1 unspecified atom stereocenters. The van der Waals surface area contributed by atoms with E-state index in [-0.39, 0.29) is 12.3 Å². The number of alkyl halides is 3. The molecule has 1 heterocycles. The predicted octanol–water partition coefficient (Wildman–Crippen LogP) is 5.62. The van der Waals surface area contributed by atoms with Crippen molar-refractivity contribution in [3.8, 4) is 0 Å². The molecule has 0 aromatic heterocycles. The first-order chi connectivity index (χ1) is 11.3. The zero-order valence-electron chi connectivity index (χ0n) is 13.8. The van der Waals surface area contributed by atoms with Gasteiger partial charge in [-0.3, -0.25) is 0 Å². The molecule has 4 heteroatoms. The topological polar surface area (TPSA) is 3.24 Å². The standard InChI is InChI=1S/C20H20F3N/c1-14-5-3-4-6-17(14)19-18-8-7-15(9-11-20(21,22)23)13-16(18)10-12-24(19)2/h3-8,10,12-13,16H,9,11H2,1-2H3. The third-order valence-corrected chi connectivity index (χ3v) is 4.47. The lowest BCUT2D eigenvalue weighted by Gasteiger charge is -2.31. The Kier molecular flexibility index (Phi) is 4.39. The Labute approximate surface area is 140 Å². The second-order valence-electron chi connectivity index (χ2n) is 6.29. The second-order valence-corrected chi connectivity index (χ2v) is 6.29. The molecule has 0 fully saturated rings. The molecule has 1 aliphatic heterocycles. The quantitative estimate of drug-likeness (QED) is 0.695. The van der Waals surface area contributed by atoms with Crippen molar-refractivity contribution in [2.45, 2.75) is 25.9 Å². The van der Waals surface area contributed by atoms with Crippen LogP contribution in [0.3, 0.4) is 0 Å². The van der Waals surface area contributed by atoms with Gasteiger partial charge in [0.05, 0.1) is 5.70 Å². The van der Waals surface area contributed by atoms with E-state index in [9.17, 15) is 13.2 Å². The summed E-state index contributed by atoms with van der Waals surface area (Å²) in [4.78, 5) is 2.08. The van der Waals surface area contributed by atoms with Crippen LogP contribution in [0.25, 0.3) is 5.70 Å². The highest BCUT2D eigenvalue weighted by Gasteiger charge is 2.28. The van der Waals surface area contributed by atoms with Crippen LogP contribution in [0.15, 0.2) is 65.9 Å². The number of aryl methyl sites for hydroxylation is 1. The maximum atomic E-state index is 12.4. The fourth-order valence-electron chi connectivity index (χ4n) is 3.22. The molecule has 1 aliphatic carbocycles. The van der Waals surface area contributed by atoms with Crippen LogP contribution >= 0.6 is 0 Å². The van der Waals surface area contributed by atoms with E-state index in [1.807, 2.05) is 49.7 Å². The van der Waals surface area contributed by atoms with E-state index in [1.54, 1.807) is 0 Å². The smallest absolute Gasteiger partial charge is 0.351 e. The highest BCUT2D eigenvalue weighted by atomic mass is 19.4. The molecule has 0 N–H and O–H groups in total. The first-order valence-electron chi connectivity index (χ1n) is 8.02. The first kappa shape index (κ1) is 16.6. The Morgan fingerprint density at radius 2 is 1.88 bits per heavy atom. The van der Waals surface area contributed by atoms with E-state index in [2.05, 4.69) is 24.0 Å². The van der Waals surface area contributed by atoms with Crippen molar-refractivity contribution < 1.29 is 13.2 Å². The largest absolute Gasteiger partial charge is 0.389 e. The fraction of sp³-hybridized carbons (Fsp3) is 0.300. The van der Waals surface area contributed by atoms with Crippen molar-refractivity contribution in [3.63, 3.8) is 0 Å². The monoisotopic (exact) mass is 331 g/mol. The Morgan fingerprint density at radius 1 is 1.12 bits per heavy atom. The third kappa shape index (κ3) is 3.48. The average molecular weight is 331 g/mol. The maximum Gasteiger partial charge on any atom is 0.389 e. The van der Waals surface area contributed by atoms with Gasteiger partial charge in [-0.25, -0.2) is 0 Å². The second kappa shape index (κ2) is 6.34. The van der Waals surface area contributed by atoms with E-state index in [0.717, 1.165) is 22.4 Å². The van der Waals surface area contributed by atoms with Crippen LogP contribution in [0.5, 0.6) is 0 Å². The molecule has 126 valence electrons. The highest BCUT2D eigenvalue weighted by molar-refractivity contribution is 5.75. The van der Waals surface area contributed by atoms with E-state index < -0.39 is 12.6 Å². The van der Waals surface area contributed by atoms with Crippen molar-refractivity contribution in [1.82, 2.24) is 4.90 Å². The van der Waals surface area contributed by atoms with Gasteiger partial charge in [0.25, 0.3) is 0 Å². The van der Waals surface area contributed by atoms with Crippen molar-refractivity contribution in [1.29, 1.82) is 0 Å². The van der Waals surface area contributed by atoms with Crippen molar-refractivity contribution in [2.24, 2.45) is 5.92 Å². The number of halogens is 3. The molecular formula is C20H20F3N. The summed E-state index contributed by atoms with van der Waals surface area (Å²) in [6, 6.07) is 8.17. The van der Waals surface area contributed by atoms with Crippen LogP contribution < -0.4 is 0 Å². The van der Waals surface area contributed by atoms with Gasteiger partial charge in [0, 0.05) is 31.1 Å². The molecule has 0 radical (unpaired) electrons.